The minimum absolute atomic E-state index is 0.0176. The molecule has 110 valence electrons. The lowest BCUT2D eigenvalue weighted by molar-refractivity contribution is -0.121. The van der Waals surface area contributed by atoms with Crippen LogP contribution < -0.4 is 10.6 Å². The van der Waals surface area contributed by atoms with E-state index in [0.29, 0.717) is 25.4 Å². The Morgan fingerprint density at radius 1 is 1.05 bits per heavy atom. The second-order valence-corrected chi connectivity index (χ2v) is 5.01. The van der Waals surface area contributed by atoms with Crippen LogP contribution in [0.2, 0.25) is 0 Å². The molecule has 0 aliphatic heterocycles. The van der Waals surface area contributed by atoms with Crippen LogP contribution >= 0.6 is 0 Å². The first-order valence-corrected chi connectivity index (χ1v) is 7.29. The van der Waals surface area contributed by atoms with Crippen molar-refractivity contribution in [1.82, 2.24) is 10.6 Å². The zero-order chi connectivity index (χ0) is 14.5. The Balaban J connectivity index is 3.36. The van der Waals surface area contributed by atoms with Crippen molar-refractivity contribution >= 4 is 11.8 Å². The SMILES string of the molecule is CCNC(=O)CCCCCCNC(=O)/C=C/C(C)C. The normalized spacial score (nSPS) is 10.9. The van der Waals surface area contributed by atoms with Gasteiger partial charge in [-0.05, 0) is 31.8 Å². The molecule has 0 atom stereocenters. The molecule has 0 aromatic rings. The van der Waals surface area contributed by atoms with E-state index in [9.17, 15) is 9.59 Å². The van der Waals surface area contributed by atoms with Crippen LogP contribution in [0, 0.1) is 5.92 Å². The smallest absolute Gasteiger partial charge is 0.243 e. The number of rotatable bonds is 10. The standard InChI is InChI=1S/C15H28N2O2/c1-4-16-14(18)9-7-5-6-8-12-17-15(19)11-10-13(2)3/h10-11,13H,4-9,12H2,1-3H3,(H,16,18)(H,17,19)/b11-10+. The van der Waals surface area contributed by atoms with Gasteiger partial charge in [-0.2, -0.15) is 0 Å². The fraction of sp³-hybridized carbons (Fsp3) is 0.733. The Labute approximate surface area is 117 Å². The number of allylic oxidation sites excluding steroid dienone is 1. The first-order chi connectivity index (χ1) is 9.06. The molecule has 2 N–H and O–H groups in total. The van der Waals surface area contributed by atoms with Gasteiger partial charge in [0.15, 0.2) is 0 Å². The van der Waals surface area contributed by atoms with Gasteiger partial charge in [0.25, 0.3) is 0 Å². The molecule has 0 rings (SSSR count). The maximum Gasteiger partial charge on any atom is 0.243 e. The Kier molecular flexibility index (Phi) is 10.9. The molecule has 0 aromatic heterocycles. The molecule has 19 heavy (non-hydrogen) atoms. The molecule has 2 amide bonds. The van der Waals surface area contributed by atoms with E-state index >= 15 is 0 Å². The van der Waals surface area contributed by atoms with E-state index in [4.69, 9.17) is 0 Å². The molecule has 0 bridgehead atoms. The molecule has 0 spiro atoms. The van der Waals surface area contributed by atoms with Crippen molar-refractivity contribution in [3.05, 3.63) is 12.2 Å². The van der Waals surface area contributed by atoms with Crippen LogP contribution in [0.15, 0.2) is 12.2 Å². The summed E-state index contributed by atoms with van der Waals surface area (Å²) in [4.78, 5) is 22.5. The molecule has 4 heteroatoms. The largest absolute Gasteiger partial charge is 0.356 e. The van der Waals surface area contributed by atoms with E-state index < -0.39 is 0 Å². The number of hydrogen-bond acceptors (Lipinski definition) is 2. The van der Waals surface area contributed by atoms with Crippen molar-refractivity contribution in [2.45, 2.75) is 52.9 Å². The van der Waals surface area contributed by atoms with Gasteiger partial charge in [0, 0.05) is 19.5 Å². The molecule has 0 saturated heterocycles. The summed E-state index contributed by atoms with van der Waals surface area (Å²) < 4.78 is 0. The highest BCUT2D eigenvalue weighted by atomic mass is 16.2. The van der Waals surface area contributed by atoms with E-state index in [1.54, 1.807) is 6.08 Å². The number of unbranched alkanes of at least 4 members (excludes halogenated alkanes) is 3. The number of amides is 2. The Hall–Kier alpha value is -1.32. The summed E-state index contributed by atoms with van der Waals surface area (Å²) in [6, 6.07) is 0. The predicted octanol–water partition coefficient (Wildman–Crippen LogP) is 2.40. The predicted molar refractivity (Wildman–Crippen MR) is 78.8 cm³/mol. The topological polar surface area (TPSA) is 58.2 Å². The summed E-state index contributed by atoms with van der Waals surface area (Å²) >= 11 is 0. The van der Waals surface area contributed by atoms with Crippen LogP contribution in [0.25, 0.3) is 0 Å². The van der Waals surface area contributed by atoms with Gasteiger partial charge >= 0.3 is 0 Å². The first kappa shape index (κ1) is 17.7. The summed E-state index contributed by atoms with van der Waals surface area (Å²) in [6.07, 6.45) is 8.07. The van der Waals surface area contributed by atoms with Crippen molar-refractivity contribution < 1.29 is 9.59 Å². The van der Waals surface area contributed by atoms with Crippen LogP contribution in [-0.4, -0.2) is 24.9 Å². The summed E-state index contributed by atoms with van der Waals surface area (Å²) in [5.74, 6) is 0.519. The van der Waals surface area contributed by atoms with Crippen LogP contribution in [-0.2, 0) is 9.59 Å². The Morgan fingerprint density at radius 3 is 2.37 bits per heavy atom. The number of hydrogen-bond donors (Lipinski definition) is 2. The minimum Gasteiger partial charge on any atom is -0.356 e. The monoisotopic (exact) mass is 268 g/mol. The summed E-state index contributed by atoms with van der Waals surface area (Å²) in [6.45, 7) is 7.42. The van der Waals surface area contributed by atoms with E-state index in [0.717, 1.165) is 25.7 Å². The Morgan fingerprint density at radius 2 is 1.74 bits per heavy atom. The molecule has 0 aromatic carbocycles. The number of nitrogens with one attached hydrogen (secondary N) is 2. The summed E-state index contributed by atoms with van der Waals surface area (Å²) in [7, 11) is 0. The zero-order valence-electron chi connectivity index (χ0n) is 12.5. The van der Waals surface area contributed by atoms with Gasteiger partial charge in [-0.1, -0.05) is 32.8 Å². The van der Waals surface area contributed by atoms with Gasteiger partial charge in [-0.25, -0.2) is 0 Å². The number of carbonyl (C=O) groups excluding carboxylic acids is 2. The second-order valence-electron chi connectivity index (χ2n) is 5.01. The third kappa shape index (κ3) is 12.9. The number of carbonyl (C=O) groups is 2. The zero-order valence-corrected chi connectivity index (χ0v) is 12.5. The van der Waals surface area contributed by atoms with Gasteiger partial charge < -0.3 is 10.6 Å². The van der Waals surface area contributed by atoms with E-state index in [1.165, 1.54) is 0 Å². The van der Waals surface area contributed by atoms with Crippen molar-refractivity contribution in [2.24, 2.45) is 5.92 Å². The lowest BCUT2D eigenvalue weighted by atomic mass is 10.1. The highest BCUT2D eigenvalue weighted by Crippen LogP contribution is 2.02. The highest BCUT2D eigenvalue weighted by Gasteiger charge is 1.99. The molecule has 0 aliphatic rings. The molecule has 0 heterocycles. The minimum atomic E-state index is -0.0176. The van der Waals surface area contributed by atoms with E-state index in [1.807, 2.05) is 26.8 Å². The van der Waals surface area contributed by atoms with Crippen molar-refractivity contribution in [3.63, 3.8) is 0 Å². The molecule has 0 saturated carbocycles. The molecule has 0 aliphatic carbocycles. The van der Waals surface area contributed by atoms with Gasteiger partial charge in [0.2, 0.25) is 11.8 Å². The van der Waals surface area contributed by atoms with E-state index in [-0.39, 0.29) is 11.8 Å². The van der Waals surface area contributed by atoms with Gasteiger partial charge in [-0.3, -0.25) is 9.59 Å². The van der Waals surface area contributed by atoms with Crippen LogP contribution in [0.4, 0.5) is 0 Å². The lowest BCUT2D eigenvalue weighted by Crippen LogP contribution is -2.22. The fourth-order valence-corrected chi connectivity index (χ4v) is 1.60. The molecule has 0 radical (unpaired) electrons. The second kappa shape index (κ2) is 11.8. The maximum atomic E-state index is 11.3. The fourth-order valence-electron chi connectivity index (χ4n) is 1.60. The third-order valence-corrected chi connectivity index (χ3v) is 2.64. The van der Waals surface area contributed by atoms with Crippen molar-refractivity contribution in [1.29, 1.82) is 0 Å². The summed E-state index contributed by atoms with van der Waals surface area (Å²) in [5, 5.41) is 5.64. The molecule has 0 fully saturated rings. The van der Waals surface area contributed by atoms with Crippen molar-refractivity contribution in [2.75, 3.05) is 13.1 Å². The van der Waals surface area contributed by atoms with Gasteiger partial charge in [0.1, 0.15) is 0 Å². The highest BCUT2D eigenvalue weighted by molar-refractivity contribution is 5.87. The van der Waals surface area contributed by atoms with Gasteiger partial charge in [0.05, 0.1) is 0 Å². The molecule has 4 nitrogen and oxygen atoms in total. The third-order valence-electron chi connectivity index (χ3n) is 2.64. The average Bonchev–Trinajstić information content (AvgIpc) is 2.35. The van der Waals surface area contributed by atoms with E-state index in [2.05, 4.69) is 10.6 Å². The average molecular weight is 268 g/mol. The van der Waals surface area contributed by atoms with Crippen LogP contribution in [0.1, 0.15) is 52.9 Å². The van der Waals surface area contributed by atoms with Gasteiger partial charge in [-0.15, -0.1) is 0 Å². The Bertz CT molecular complexity index is 286. The molecule has 0 unspecified atom stereocenters. The first-order valence-electron chi connectivity index (χ1n) is 7.29. The molecular formula is C15H28N2O2. The summed E-state index contributed by atoms with van der Waals surface area (Å²) in [5.41, 5.74) is 0. The quantitative estimate of drug-likeness (QED) is 0.472. The maximum absolute atomic E-state index is 11.3. The van der Waals surface area contributed by atoms with Crippen molar-refractivity contribution in [3.8, 4) is 0 Å². The van der Waals surface area contributed by atoms with Crippen LogP contribution in [0.5, 0.6) is 0 Å². The lowest BCUT2D eigenvalue weighted by Gasteiger charge is -2.03. The molecular weight excluding hydrogens is 240 g/mol. The van der Waals surface area contributed by atoms with Crippen LogP contribution in [0.3, 0.4) is 0 Å².